The SMILES string of the molecule is COCCOCCOC(=O)OC(C)OC(=O)c1ccc(NC(=O)[C@@H]2C[C@@H](CC(C)(C)C)[C@](C#N)(c3ccc(Cl)cc3F)[C@H]2c2cccc(Cl)c2F)c(OC(F)(F)F)c1. The molecule has 0 bridgehead atoms. The zero-order valence-electron chi connectivity index (χ0n) is 32.0. The van der Waals surface area contributed by atoms with Gasteiger partial charge in [-0.25, -0.2) is 18.4 Å². The Balaban J connectivity index is 1.69. The van der Waals surface area contributed by atoms with E-state index in [4.69, 9.17) is 46.9 Å². The van der Waals surface area contributed by atoms with E-state index >= 15 is 8.78 Å². The Kier molecular flexibility index (Phi) is 15.4. The number of nitrogens with zero attached hydrogens (tertiary/aromatic N) is 1. The number of nitriles is 1. The largest absolute Gasteiger partial charge is 0.573 e. The summed E-state index contributed by atoms with van der Waals surface area (Å²) in [6.45, 7) is 7.14. The Morgan fingerprint density at radius 2 is 1.69 bits per heavy atom. The van der Waals surface area contributed by atoms with Crippen molar-refractivity contribution < 1.29 is 64.8 Å². The average Bonchev–Trinajstić information content (AvgIpc) is 3.43. The molecule has 1 unspecified atom stereocenters. The molecule has 0 spiro atoms. The summed E-state index contributed by atoms with van der Waals surface area (Å²) in [4.78, 5) is 39.3. The van der Waals surface area contributed by atoms with Crippen LogP contribution in [-0.4, -0.2) is 64.2 Å². The number of halogens is 7. The third-order valence-corrected chi connectivity index (χ3v) is 9.79. The van der Waals surface area contributed by atoms with Crippen molar-refractivity contribution in [3.8, 4) is 11.8 Å². The number of hydrogen-bond acceptors (Lipinski definition) is 10. The van der Waals surface area contributed by atoms with Gasteiger partial charge in [0.25, 0.3) is 0 Å². The number of rotatable bonds is 15. The smallest absolute Gasteiger partial charge is 0.432 e. The topological polar surface area (TPSA) is 142 Å². The first kappa shape index (κ1) is 46.0. The average molecular weight is 860 g/mol. The summed E-state index contributed by atoms with van der Waals surface area (Å²) in [5, 5.41) is 13.2. The first-order valence-corrected chi connectivity index (χ1v) is 18.6. The summed E-state index contributed by atoms with van der Waals surface area (Å²) in [5.74, 6) is -8.72. The van der Waals surface area contributed by atoms with Gasteiger partial charge in [0.05, 0.1) is 47.6 Å². The van der Waals surface area contributed by atoms with Crippen molar-refractivity contribution in [3.05, 3.63) is 93.0 Å². The van der Waals surface area contributed by atoms with E-state index in [1.807, 2.05) is 20.8 Å². The van der Waals surface area contributed by atoms with Crippen LogP contribution in [0.2, 0.25) is 10.0 Å². The van der Waals surface area contributed by atoms with Gasteiger partial charge in [-0.3, -0.25) is 4.79 Å². The minimum absolute atomic E-state index is 0.0177. The van der Waals surface area contributed by atoms with E-state index in [0.29, 0.717) is 12.7 Å². The molecule has 1 aliphatic rings. The van der Waals surface area contributed by atoms with Gasteiger partial charge in [0.2, 0.25) is 12.2 Å². The second-order valence-corrected chi connectivity index (χ2v) is 15.4. The second kappa shape index (κ2) is 19.4. The molecule has 3 aromatic carbocycles. The predicted molar refractivity (Wildman–Crippen MR) is 200 cm³/mol. The molecule has 1 saturated carbocycles. The minimum Gasteiger partial charge on any atom is -0.432 e. The van der Waals surface area contributed by atoms with Crippen molar-refractivity contribution in [2.45, 2.75) is 64.5 Å². The van der Waals surface area contributed by atoms with E-state index < -0.39 is 87.9 Å². The molecule has 314 valence electrons. The van der Waals surface area contributed by atoms with E-state index in [9.17, 15) is 32.8 Å². The molecule has 0 aromatic heterocycles. The summed E-state index contributed by atoms with van der Waals surface area (Å²) in [6.07, 6.45) is -8.01. The number of hydrogen-bond donors (Lipinski definition) is 1. The summed E-state index contributed by atoms with van der Waals surface area (Å²) < 4.78 is 102. The van der Waals surface area contributed by atoms with Gasteiger partial charge in [0.1, 0.15) is 18.2 Å². The number of carbonyl (C=O) groups excluding carboxylic acids is 3. The Morgan fingerprint density at radius 1 is 0.983 bits per heavy atom. The molecule has 1 N–H and O–H groups in total. The predicted octanol–water partition coefficient (Wildman–Crippen LogP) is 9.75. The Morgan fingerprint density at radius 3 is 2.33 bits per heavy atom. The molecule has 0 saturated heterocycles. The fourth-order valence-electron chi connectivity index (χ4n) is 7.13. The molecule has 1 amide bonds. The fourth-order valence-corrected chi connectivity index (χ4v) is 7.47. The van der Waals surface area contributed by atoms with Gasteiger partial charge in [0, 0.05) is 36.5 Å². The van der Waals surface area contributed by atoms with Crippen LogP contribution in [0.4, 0.5) is 32.4 Å². The van der Waals surface area contributed by atoms with E-state index in [2.05, 4.69) is 16.1 Å². The van der Waals surface area contributed by atoms with Gasteiger partial charge in [-0.15, -0.1) is 13.2 Å². The second-order valence-electron chi connectivity index (χ2n) is 14.6. The highest BCUT2D eigenvalue weighted by Gasteiger charge is 2.61. The van der Waals surface area contributed by atoms with Gasteiger partial charge in [-0.2, -0.15) is 5.26 Å². The number of amides is 1. The minimum atomic E-state index is -5.32. The maximum Gasteiger partial charge on any atom is 0.573 e. The van der Waals surface area contributed by atoms with Crippen LogP contribution < -0.4 is 10.1 Å². The summed E-state index contributed by atoms with van der Waals surface area (Å²) in [5.41, 5.74) is -3.85. The zero-order chi connectivity index (χ0) is 43.0. The van der Waals surface area contributed by atoms with E-state index in [-0.39, 0.29) is 53.8 Å². The number of carbonyl (C=O) groups is 3. The molecule has 3 aromatic rings. The molecular weight excluding hydrogens is 818 g/mol. The highest BCUT2D eigenvalue weighted by molar-refractivity contribution is 6.31. The van der Waals surface area contributed by atoms with Crippen molar-refractivity contribution >= 4 is 46.9 Å². The van der Waals surface area contributed by atoms with Crippen molar-refractivity contribution in [1.29, 1.82) is 5.26 Å². The Hall–Kier alpha value is -4.69. The van der Waals surface area contributed by atoms with Crippen molar-refractivity contribution in [2.24, 2.45) is 17.3 Å². The number of alkyl halides is 3. The Bertz CT molecular complexity index is 2010. The Labute approximate surface area is 341 Å². The molecule has 4 rings (SSSR count). The van der Waals surface area contributed by atoms with Crippen LogP contribution in [0.3, 0.4) is 0 Å². The van der Waals surface area contributed by atoms with E-state index in [0.717, 1.165) is 25.1 Å². The highest BCUT2D eigenvalue weighted by atomic mass is 35.5. The first-order chi connectivity index (χ1) is 27.2. The van der Waals surface area contributed by atoms with Gasteiger partial charge in [-0.1, -0.05) is 62.2 Å². The lowest BCUT2D eigenvalue weighted by Crippen LogP contribution is -2.39. The summed E-state index contributed by atoms with van der Waals surface area (Å²) in [6, 6.07) is 12.4. The molecule has 58 heavy (non-hydrogen) atoms. The third kappa shape index (κ3) is 11.5. The van der Waals surface area contributed by atoms with Crippen molar-refractivity contribution in [3.63, 3.8) is 0 Å². The fraction of sp³-hybridized carbons (Fsp3) is 0.450. The third-order valence-electron chi connectivity index (χ3n) is 9.26. The van der Waals surface area contributed by atoms with Crippen LogP contribution in [0.1, 0.15) is 67.9 Å². The lowest BCUT2D eigenvalue weighted by atomic mass is 9.62. The molecule has 5 atom stereocenters. The molecular formula is C40H41Cl2F5N2O9. The maximum atomic E-state index is 16.1. The molecule has 0 aliphatic heterocycles. The number of anilines is 1. The zero-order valence-corrected chi connectivity index (χ0v) is 33.5. The molecule has 0 radical (unpaired) electrons. The normalized spacial score (nSPS) is 19.8. The lowest BCUT2D eigenvalue weighted by molar-refractivity contribution is -0.274. The monoisotopic (exact) mass is 858 g/mol. The number of benzene rings is 3. The van der Waals surface area contributed by atoms with Gasteiger partial charge < -0.3 is 33.7 Å². The van der Waals surface area contributed by atoms with Crippen molar-refractivity contribution in [2.75, 3.05) is 38.9 Å². The van der Waals surface area contributed by atoms with Gasteiger partial charge in [0.15, 0.2) is 5.75 Å². The van der Waals surface area contributed by atoms with Crippen LogP contribution in [-0.2, 0) is 33.9 Å². The summed E-state index contributed by atoms with van der Waals surface area (Å²) >= 11 is 12.3. The van der Waals surface area contributed by atoms with Gasteiger partial charge >= 0.3 is 18.5 Å². The van der Waals surface area contributed by atoms with Crippen LogP contribution in [0.5, 0.6) is 5.75 Å². The standard InChI is InChI=1S/C40H41Cl2F5N2O9/c1-22(57-37(52)55-16-15-54-14-13-53-5)56-36(51)23-9-12-31(32(17-23)58-40(45,46)47)49-35(50)27-18-24(20-38(2,3)4)39(21-48,28-11-10-25(41)19-30(28)43)33(27)26-7-6-8-29(42)34(26)44/h6-12,17,19,22,24,27,33H,13-16,18,20H2,1-5H3,(H,49,50)/t22?,24-,27+,33-,39+/m0/s1. The van der Waals surface area contributed by atoms with Crippen LogP contribution in [0.15, 0.2) is 54.6 Å². The lowest BCUT2D eigenvalue weighted by Gasteiger charge is -2.38. The first-order valence-electron chi connectivity index (χ1n) is 17.8. The number of esters is 1. The van der Waals surface area contributed by atoms with E-state index in [1.165, 1.54) is 37.4 Å². The number of nitrogens with one attached hydrogen (secondary N) is 1. The molecule has 0 heterocycles. The molecule has 1 fully saturated rings. The molecule has 11 nitrogen and oxygen atoms in total. The number of ether oxygens (including phenoxy) is 6. The van der Waals surface area contributed by atoms with Crippen LogP contribution in [0.25, 0.3) is 0 Å². The van der Waals surface area contributed by atoms with Crippen LogP contribution >= 0.6 is 23.2 Å². The quantitative estimate of drug-likeness (QED) is 0.0679. The van der Waals surface area contributed by atoms with Crippen LogP contribution in [0, 0.1) is 40.2 Å². The van der Waals surface area contributed by atoms with Gasteiger partial charge in [-0.05, 0) is 66.1 Å². The highest BCUT2D eigenvalue weighted by Crippen LogP contribution is 2.61. The van der Waals surface area contributed by atoms with Crippen molar-refractivity contribution in [1.82, 2.24) is 0 Å². The van der Waals surface area contributed by atoms with E-state index in [1.54, 1.807) is 0 Å². The molecule has 18 heteroatoms. The number of methoxy groups -OCH3 is 1. The summed E-state index contributed by atoms with van der Waals surface area (Å²) in [7, 11) is 1.48. The maximum absolute atomic E-state index is 16.1. The molecule has 1 aliphatic carbocycles.